The number of nitrogens with zero attached hydrogens (tertiary/aromatic N) is 2. The Hall–Kier alpha value is -1.49. The second kappa shape index (κ2) is 7.64. The predicted molar refractivity (Wildman–Crippen MR) is 105 cm³/mol. The summed E-state index contributed by atoms with van der Waals surface area (Å²) in [5.74, 6) is 0. The van der Waals surface area contributed by atoms with E-state index in [-0.39, 0.29) is 37.0 Å². The normalized spacial score (nSPS) is 12.4. The standard InChI is InChI=1S/C16H8Cl4F3N3O2S/c17-8-5-7(13(18)15(20)14(8)19)10-6-12(16(21,22)23)25-26(10)9-3-1-2-4-11(9)29(24,27)28/h1-6H,(H2,24,27,28). The monoisotopic (exact) mass is 503 g/mol. The van der Waals surface area contributed by atoms with Crippen molar-refractivity contribution in [3.05, 3.63) is 62.2 Å². The van der Waals surface area contributed by atoms with Gasteiger partial charge >= 0.3 is 6.18 Å². The van der Waals surface area contributed by atoms with Gasteiger partial charge in [-0.15, -0.1) is 0 Å². The summed E-state index contributed by atoms with van der Waals surface area (Å²) in [6, 6.07) is 7.02. The Kier molecular flexibility index (Phi) is 5.85. The number of para-hydroxylation sites is 1. The van der Waals surface area contributed by atoms with Crippen LogP contribution < -0.4 is 5.14 Å². The Labute approximate surface area is 182 Å². The molecule has 0 aliphatic heterocycles. The first-order valence-corrected chi connectivity index (χ1v) is 10.5. The van der Waals surface area contributed by atoms with E-state index in [1.807, 2.05) is 0 Å². The third-order valence-corrected chi connectivity index (χ3v) is 6.49. The molecule has 0 aliphatic carbocycles. The summed E-state index contributed by atoms with van der Waals surface area (Å²) in [5.41, 5.74) is -1.79. The van der Waals surface area contributed by atoms with Gasteiger partial charge in [-0.3, -0.25) is 0 Å². The number of hydrogen-bond acceptors (Lipinski definition) is 3. The molecule has 0 fully saturated rings. The van der Waals surface area contributed by atoms with Crippen LogP contribution in [0.3, 0.4) is 0 Å². The molecular formula is C16H8Cl4F3N3O2S. The second-order valence-electron chi connectivity index (χ2n) is 5.69. The Morgan fingerprint density at radius 3 is 2.17 bits per heavy atom. The summed E-state index contributed by atoms with van der Waals surface area (Å²) in [7, 11) is -4.29. The smallest absolute Gasteiger partial charge is 0.231 e. The van der Waals surface area contributed by atoms with Crippen LogP contribution in [0, 0.1) is 0 Å². The predicted octanol–water partition coefficient (Wildman–Crippen LogP) is 5.82. The maximum Gasteiger partial charge on any atom is 0.435 e. The van der Waals surface area contributed by atoms with E-state index in [2.05, 4.69) is 5.10 Å². The van der Waals surface area contributed by atoms with Gasteiger partial charge in [0.15, 0.2) is 5.69 Å². The zero-order valence-electron chi connectivity index (χ0n) is 13.8. The van der Waals surface area contributed by atoms with E-state index in [4.69, 9.17) is 51.5 Å². The molecule has 0 spiro atoms. The average molecular weight is 505 g/mol. The summed E-state index contributed by atoms with van der Waals surface area (Å²) in [6.45, 7) is 0. The van der Waals surface area contributed by atoms with Gasteiger partial charge in [0, 0.05) is 5.56 Å². The van der Waals surface area contributed by atoms with Gasteiger partial charge in [-0.05, 0) is 24.3 Å². The van der Waals surface area contributed by atoms with Crippen molar-refractivity contribution >= 4 is 56.4 Å². The van der Waals surface area contributed by atoms with Crippen molar-refractivity contribution < 1.29 is 21.6 Å². The van der Waals surface area contributed by atoms with Crippen molar-refractivity contribution in [2.24, 2.45) is 5.14 Å². The minimum Gasteiger partial charge on any atom is -0.231 e. The van der Waals surface area contributed by atoms with Crippen LogP contribution in [0.2, 0.25) is 20.1 Å². The number of halogens is 7. The zero-order valence-corrected chi connectivity index (χ0v) is 17.6. The van der Waals surface area contributed by atoms with E-state index in [0.29, 0.717) is 6.07 Å². The SMILES string of the molecule is NS(=O)(=O)c1ccccc1-n1nc(C(F)(F)F)cc1-c1cc(Cl)c(Cl)c(Cl)c1Cl. The molecule has 1 aromatic heterocycles. The molecule has 154 valence electrons. The minimum absolute atomic E-state index is 0.0433. The quantitative estimate of drug-likeness (QED) is 0.360. The van der Waals surface area contributed by atoms with Crippen LogP contribution in [0.25, 0.3) is 16.9 Å². The van der Waals surface area contributed by atoms with Crippen LogP contribution in [0.15, 0.2) is 41.3 Å². The molecule has 3 aromatic rings. The molecule has 0 saturated carbocycles. The molecule has 1 heterocycles. The summed E-state index contributed by atoms with van der Waals surface area (Å²) in [6.07, 6.45) is -4.83. The summed E-state index contributed by atoms with van der Waals surface area (Å²) in [4.78, 5) is -0.444. The van der Waals surface area contributed by atoms with Crippen LogP contribution in [-0.4, -0.2) is 18.2 Å². The topological polar surface area (TPSA) is 78.0 Å². The third-order valence-electron chi connectivity index (χ3n) is 3.78. The Morgan fingerprint density at radius 1 is 0.966 bits per heavy atom. The Morgan fingerprint density at radius 2 is 1.59 bits per heavy atom. The number of rotatable bonds is 3. The highest BCUT2D eigenvalue weighted by molar-refractivity contribution is 7.89. The lowest BCUT2D eigenvalue weighted by Gasteiger charge is -2.14. The first kappa shape index (κ1) is 22.2. The van der Waals surface area contributed by atoms with Gasteiger partial charge in [-0.25, -0.2) is 18.2 Å². The molecule has 0 aliphatic rings. The van der Waals surface area contributed by atoms with E-state index >= 15 is 0 Å². The van der Waals surface area contributed by atoms with Gasteiger partial charge in [0.25, 0.3) is 0 Å². The summed E-state index contributed by atoms with van der Waals surface area (Å²) in [5, 5.41) is 8.18. The fraction of sp³-hybridized carbons (Fsp3) is 0.0625. The van der Waals surface area contributed by atoms with E-state index in [0.717, 1.165) is 10.7 Å². The number of hydrogen-bond donors (Lipinski definition) is 1. The van der Waals surface area contributed by atoms with E-state index in [1.165, 1.54) is 24.3 Å². The summed E-state index contributed by atoms with van der Waals surface area (Å²) >= 11 is 24.1. The van der Waals surface area contributed by atoms with Gasteiger partial charge in [0.1, 0.15) is 4.90 Å². The van der Waals surface area contributed by atoms with Gasteiger partial charge in [-0.2, -0.15) is 18.3 Å². The maximum absolute atomic E-state index is 13.3. The highest BCUT2D eigenvalue weighted by Crippen LogP contribution is 2.44. The molecule has 5 nitrogen and oxygen atoms in total. The number of benzene rings is 2. The van der Waals surface area contributed by atoms with Gasteiger partial charge in [-0.1, -0.05) is 58.5 Å². The summed E-state index contributed by atoms with van der Waals surface area (Å²) < 4.78 is 64.6. The number of sulfonamides is 1. The van der Waals surface area contributed by atoms with Crippen molar-refractivity contribution in [1.82, 2.24) is 9.78 Å². The van der Waals surface area contributed by atoms with Crippen molar-refractivity contribution in [3.63, 3.8) is 0 Å². The van der Waals surface area contributed by atoms with Crippen molar-refractivity contribution in [2.75, 3.05) is 0 Å². The van der Waals surface area contributed by atoms with E-state index < -0.39 is 26.8 Å². The molecule has 2 aromatic carbocycles. The Balaban J connectivity index is 2.42. The molecule has 0 saturated heterocycles. The molecule has 0 atom stereocenters. The lowest BCUT2D eigenvalue weighted by atomic mass is 10.1. The first-order valence-electron chi connectivity index (χ1n) is 7.45. The van der Waals surface area contributed by atoms with Gasteiger partial charge in [0.2, 0.25) is 10.0 Å². The average Bonchev–Trinajstić information content (AvgIpc) is 3.07. The minimum atomic E-state index is -4.83. The van der Waals surface area contributed by atoms with E-state index in [1.54, 1.807) is 0 Å². The maximum atomic E-state index is 13.3. The van der Waals surface area contributed by atoms with Crippen LogP contribution in [0.5, 0.6) is 0 Å². The molecule has 29 heavy (non-hydrogen) atoms. The van der Waals surface area contributed by atoms with Crippen molar-refractivity contribution in [3.8, 4) is 16.9 Å². The van der Waals surface area contributed by atoms with Crippen LogP contribution in [0.1, 0.15) is 5.69 Å². The van der Waals surface area contributed by atoms with Crippen molar-refractivity contribution in [1.29, 1.82) is 0 Å². The van der Waals surface area contributed by atoms with Crippen molar-refractivity contribution in [2.45, 2.75) is 11.1 Å². The fourth-order valence-electron chi connectivity index (χ4n) is 2.53. The van der Waals surface area contributed by atoms with Crippen LogP contribution in [-0.2, 0) is 16.2 Å². The molecule has 0 amide bonds. The number of nitrogens with two attached hydrogens (primary N) is 1. The molecule has 0 radical (unpaired) electrons. The molecule has 3 rings (SSSR count). The van der Waals surface area contributed by atoms with Crippen LogP contribution in [0.4, 0.5) is 13.2 Å². The number of primary sulfonamides is 1. The Bertz CT molecular complexity index is 1230. The molecule has 0 bridgehead atoms. The first-order chi connectivity index (χ1) is 13.3. The lowest BCUT2D eigenvalue weighted by molar-refractivity contribution is -0.141. The third kappa shape index (κ3) is 4.21. The highest BCUT2D eigenvalue weighted by Gasteiger charge is 2.36. The van der Waals surface area contributed by atoms with Gasteiger partial charge < -0.3 is 0 Å². The molecule has 2 N–H and O–H groups in total. The van der Waals surface area contributed by atoms with Gasteiger partial charge in [0.05, 0.1) is 31.5 Å². The second-order valence-corrected chi connectivity index (χ2v) is 8.76. The highest BCUT2D eigenvalue weighted by atomic mass is 35.5. The van der Waals surface area contributed by atoms with E-state index in [9.17, 15) is 21.6 Å². The molecule has 13 heteroatoms. The fourth-order valence-corrected chi connectivity index (χ4v) is 4.14. The number of alkyl halides is 3. The largest absolute Gasteiger partial charge is 0.435 e. The molecule has 0 unspecified atom stereocenters. The molecular weight excluding hydrogens is 497 g/mol. The lowest BCUT2D eigenvalue weighted by Crippen LogP contribution is -2.16. The number of aromatic nitrogens is 2. The zero-order chi connectivity index (χ0) is 21.7. The van der Waals surface area contributed by atoms with Crippen LogP contribution >= 0.6 is 46.4 Å².